The van der Waals surface area contributed by atoms with Gasteiger partial charge in [0.25, 0.3) is 0 Å². The van der Waals surface area contributed by atoms with E-state index < -0.39 is 0 Å². The Balaban J connectivity index is 1.57. The first-order valence-corrected chi connectivity index (χ1v) is 10.1. The molecule has 1 fully saturated rings. The number of morpholine rings is 1. The van der Waals surface area contributed by atoms with Crippen molar-refractivity contribution in [3.05, 3.63) is 76.8 Å². The fourth-order valence-corrected chi connectivity index (χ4v) is 3.51. The summed E-state index contributed by atoms with van der Waals surface area (Å²) in [5.74, 6) is 1.73. The molecule has 1 aromatic carbocycles. The van der Waals surface area contributed by atoms with E-state index in [0.29, 0.717) is 0 Å². The van der Waals surface area contributed by atoms with Gasteiger partial charge in [0.2, 0.25) is 0 Å². The minimum Gasteiger partial charge on any atom is -0.378 e. The van der Waals surface area contributed by atoms with Crippen molar-refractivity contribution in [2.75, 3.05) is 36.5 Å². The summed E-state index contributed by atoms with van der Waals surface area (Å²) >= 11 is 3.51. The van der Waals surface area contributed by atoms with Crippen LogP contribution in [0, 0.1) is 0 Å². The fourth-order valence-electron chi connectivity index (χ4n) is 3.25. The minimum atomic E-state index is 0.0513. The van der Waals surface area contributed by atoms with Crippen molar-refractivity contribution in [3.63, 3.8) is 0 Å². The van der Waals surface area contributed by atoms with E-state index in [0.717, 1.165) is 54.5 Å². The summed E-state index contributed by atoms with van der Waals surface area (Å²) < 4.78 is 6.50. The van der Waals surface area contributed by atoms with E-state index in [4.69, 9.17) is 4.74 Å². The van der Waals surface area contributed by atoms with Crippen LogP contribution < -0.4 is 10.2 Å². The van der Waals surface area contributed by atoms with E-state index in [1.165, 1.54) is 5.56 Å². The third kappa shape index (κ3) is 4.85. The largest absolute Gasteiger partial charge is 0.378 e. The molecule has 1 unspecified atom stereocenters. The molecular weight excluding hydrogens is 418 g/mol. The Morgan fingerprint density at radius 1 is 1.04 bits per heavy atom. The van der Waals surface area contributed by atoms with Crippen LogP contribution in [0.4, 0.5) is 11.6 Å². The van der Waals surface area contributed by atoms with Crippen LogP contribution in [0.15, 0.2) is 65.5 Å². The van der Waals surface area contributed by atoms with Crippen LogP contribution >= 0.6 is 15.9 Å². The summed E-state index contributed by atoms with van der Waals surface area (Å²) in [7, 11) is 0. The first kappa shape index (κ1) is 18.8. The van der Waals surface area contributed by atoms with Gasteiger partial charge in [-0.1, -0.05) is 34.1 Å². The van der Waals surface area contributed by atoms with Gasteiger partial charge in [0.1, 0.15) is 18.0 Å². The maximum absolute atomic E-state index is 5.44. The van der Waals surface area contributed by atoms with Gasteiger partial charge in [0.05, 0.1) is 19.3 Å². The highest BCUT2D eigenvalue weighted by Crippen LogP contribution is 2.25. The predicted molar refractivity (Wildman–Crippen MR) is 114 cm³/mol. The van der Waals surface area contributed by atoms with E-state index >= 15 is 0 Å². The molecule has 1 N–H and O–H groups in total. The Morgan fingerprint density at radius 3 is 2.61 bits per heavy atom. The summed E-state index contributed by atoms with van der Waals surface area (Å²) in [6, 6.07) is 16.4. The smallest absolute Gasteiger partial charge is 0.134 e. The second-order valence-corrected chi connectivity index (χ2v) is 7.55. The molecule has 7 heteroatoms. The third-order valence-electron chi connectivity index (χ3n) is 4.72. The second kappa shape index (κ2) is 9.12. The van der Waals surface area contributed by atoms with Crippen LogP contribution in [0.5, 0.6) is 0 Å². The predicted octanol–water partition coefficient (Wildman–Crippen LogP) is 3.87. The summed E-state index contributed by atoms with van der Waals surface area (Å²) in [6.45, 7) is 3.16. The molecule has 28 heavy (non-hydrogen) atoms. The Kier molecular flexibility index (Phi) is 6.14. The van der Waals surface area contributed by atoms with Gasteiger partial charge in [-0.2, -0.15) is 0 Å². The first-order chi connectivity index (χ1) is 13.8. The molecule has 0 radical (unpaired) electrons. The lowest BCUT2D eigenvalue weighted by Gasteiger charge is -2.28. The van der Waals surface area contributed by atoms with Gasteiger partial charge < -0.3 is 15.0 Å². The Labute approximate surface area is 173 Å². The molecule has 6 nitrogen and oxygen atoms in total. The third-order valence-corrected chi connectivity index (χ3v) is 5.25. The molecule has 1 atom stereocenters. The Morgan fingerprint density at radius 2 is 1.86 bits per heavy atom. The quantitative estimate of drug-likeness (QED) is 0.628. The van der Waals surface area contributed by atoms with E-state index in [-0.39, 0.29) is 6.04 Å². The number of benzene rings is 1. The van der Waals surface area contributed by atoms with Gasteiger partial charge in [-0.3, -0.25) is 4.98 Å². The molecule has 144 valence electrons. The lowest BCUT2D eigenvalue weighted by Crippen LogP contribution is -2.36. The van der Waals surface area contributed by atoms with Gasteiger partial charge >= 0.3 is 0 Å². The fraction of sp³-hybridized carbons (Fsp3) is 0.286. The zero-order valence-electron chi connectivity index (χ0n) is 15.5. The number of nitrogens with zero attached hydrogens (tertiary/aromatic N) is 4. The summed E-state index contributed by atoms with van der Waals surface area (Å²) in [6.07, 6.45) is 4.21. The normalized spacial score (nSPS) is 15.2. The zero-order chi connectivity index (χ0) is 19.2. The van der Waals surface area contributed by atoms with Gasteiger partial charge in [-0.05, 0) is 29.8 Å². The van der Waals surface area contributed by atoms with Crippen LogP contribution in [-0.2, 0) is 11.2 Å². The molecular formula is C21H22BrN5O. The molecule has 1 aliphatic heterocycles. The number of anilines is 2. The lowest BCUT2D eigenvalue weighted by molar-refractivity contribution is 0.122. The minimum absolute atomic E-state index is 0.0513. The van der Waals surface area contributed by atoms with Crippen LogP contribution in [-0.4, -0.2) is 41.3 Å². The van der Waals surface area contributed by atoms with E-state index in [2.05, 4.69) is 65.4 Å². The monoisotopic (exact) mass is 439 g/mol. The molecule has 1 aliphatic rings. The van der Waals surface area contributed by atoms with Crippen molar-refractivity contribution in [2.24, 2.45) is 0 Å². The van der Waals surface area contributed by atoms with E-state index in [1.54, 1.807) is 6.33 Å². The maximum Gasteiger partial charge on any atom is 0.134 e. The van der Waals surface area contributed by atoms with Crippen molar-refractivity contribution in [1.29, 1.82) is 0 Å². The molecule has 0 amide bonds. The number of aromatic nitrogens is 3. The second-order valence-electron chi connectivity index (χ2n) is 6.63. The number of hydrogen-bond donors (Lipinski definition) is 1. The van der Waals surface area contributed by atoms with Crippen LogP contribution in [0.25, 0.3) is 0 Å². The first-order valence-electron chi connectivity index (χ1n) is 9.34. The summed E-state index contributed by atoms with van der Waals surface area (Å²) in [5.41, 5.74) is 2.21. The molecule has 2 aromatic heterocycles. The van der Waals surface area contributed by atoms with Crippen LogP contribution in [0.2, 0.25) is 0 Å². The van der Waals surface area contributed by atoms with Crippen molar-refractivity contribution < 1.29 is 4.74 Å². The van der Waals surface area contributed by atoms with Gasteiger partial charge in [-0.15, -0.1) is 0 Å². The average molecular weight is 440 g/mol. The van der Waals surface area contributed by atoms with Gasteiger partial charge in [0.15, 0.2) is 0 Å². The van der Waals surface area contributed by atoms with E-state index in [9.17, 15) is 0 Å². The molecule has 0 aliphatic carbocycles. The highest BCUT2D eigenvalue weighted by molar-refractivity contribution is 9.10. The highest BCUT2D eigenvalue weighted by Gasteiger charge is 2.17. The van der Waals surface area contributed by atoms with Crippen molar-refractivity contribution in [1.82, 2.24) is 15.0 Å². The topological polar surface area (TPSA) is 63.2 Å². The average Bonchev–Trinajstić information content (AvgIpc) is 2.75. The summed E-state index contributed by atoms with van der Waals surface area (Å²) in [4.78, 5) is 15.6. The molecule has 3 aromatic rings. The standard InChI is InChI=1S/C21H22BrN5O/c22-17-6-4-16(5-7-17)19(13-18-3-1-2-8-23-18)26-20-14-21(25-15-24-20)27-9-11-28-12-10-27/h1-8,14-15,19H,9-13H2,(H,24,25,26). The number of halogens is 1. The van der Waals surface area contributed by atoms with E-state index in [1.807, 2.05) is 30.5 Å². The van der Waals surface area contributed by atoms with Crippen molar-refractivity contribution in [3.8, 4) is 0 Å². The highest BCUT2D eigenvalue weighted by atomic mass is 79.9. The lowest BCUT2D eigenvalue weighted by atomic mass is 10.0. The molecule has 1 saturated heterocycles. The number of nitrogens with one attached hydrogen (secondary N) is 1. The van der Waals surface area contributed by atoms with Gasteiger partial charge in [0, 0.05) is 41.9 Å². The SMILES string of the molecule is Brc1ccc(C(Cc2ccccn2)Nc2cc(N3CCOCC3)ncn2)cc1. The maximum atomic E-state index is 5.44. The molecule has 0 bridgehead atoms. The zero-order valence-corrected chi connectivity index (χ0v) is 17.0. The molecule has 0 spiro atoms. The Hall–Kier alpha value is -2.51. The number of rotatable bonds is 6. The molecule has 0 saturated carbocycles. The Bertz CT molecular complexity index is 885. The van der Waals surface area contributed by atoms with Crippen LogP contribution in [0.1, 0.15) is 17.3 Å². The van der Waals surface area contributed by atoms with Crippen molar-refractivity contribution >= 4 is 27.6 Å². The van der Waals surface area contributed by atoms with Crippen LogP contribution in [0.3, 0.4) is 0 Å². The molecule has 4 rings (SSSR count). The van der Waals surface area contributed by atoms with Crippen molar-refractivity contribution in [2.45, 2.75) is 12.5 Å². The number of ether oxygens (including phenoxy) is 1. The number of hydrogen-bond acceptors (Lipinski definition) is 6. The van der Waals surface area contributed by atoms with Gasteiger partial charge in [-0.25, -0.2) is 9.97 Å². The summed E-state index contributed by atoms with van der Waals surface area (Å²) in [5, 5.41) is 3.58. The number of pyridine rings is 1. The molecule has 3 heterocycles.